The fourth-order valence-corrected chi connectivity index (χ4v) is 2.93. The lowest BCUT2D eigenvalue weighted by Gasteiger charge is -2.26. The number of ether oxygens (including phenoxy) is 1. The van der Waals surface area contributed by atoms with Gasteiger partial charge in [-0.25, -0.2) is 0 Å². The molecule has 2 rings (SSSR count). The Morgan fingerprint density at radius 3 is 2.90 bits per heavy atom. The van der Waals surface area contributed by atoms with Crippen molar-refractivity contribution in [2.45, 2.75) is 13.0 Å². The Bertz CT molecular complexity index is 442. The number of hydrogen-bond donors (Lipinski definition) is 1. The molecule has 0 bridgehead atoms. The first-order valence-corrected chi connectivity index (χ1v) is 8.00. The van der Waals surface area contributed by atoms with E-state index in [0.29, 0.717) is 6.61 Å². The molecule has 1 aliphatic heterocycles. The maximum atomic E-state index is 6.42. The molecule has 1 aromatic rings. The van der Waals surface area contributed by atoms with E-state index < -0.39 is 0 Å². The van der Waals surface area contributed by atoms with Crippen LogP contribution in [0.2, 0.25) is 5.02 Å². The highest BCUT2D eigenvalue weighted by Crippen LogP contribution is 2.28. The van der Waals surface area contributed by atoms with E-state index in [4.69, 9.17) is 16.3 Å². The predicted octanol–water partition coefficient (Wildman–Crippen LogP) is 2.22. The lowest BCUT2D eigenvalue weighted by molar-refractivity contribution is 0.199. The van der Waals surface area contributed by atoms with Crippen molar-refractivity contribution < 1.29 is 4.74 Å². The van der Waals surface area contributed by atoms with E-state index in [1.54, 1.807) is 7.11 Å². The van der Waals surface area contributed by atoms with Gasteiger partial charge in [0.1, 0.15) is 0 Å². The fraction of sp³-hybridized carbons (Fsp3) is 0.625. The molecule has 5 heteroatoms. The summed E-state index contributed by atoms with van der Waals surface area (Å²) in [5, 5.41) is 4.24. The first kappa shape index (κ1) is 16.6. The maximum Gasteiger partial charge on any atom is 0.0587 e. The van der Waals surface area contributed by atoms with Crippen LogP contribution in [-0.2, 0) is 11.3 Å². The van der Waals surface area contributed by atoms with Crippen LogP contribution >= 0.6 is 11.6 Å². The number of halogens is 1. The van der Waals surface area contributed by atoms with E-state index in [9.17, 15) is 0 Å². The van der Waals surface area contributed by atoms with E-state index in [1.165, 1.54) is 24.2 Å². The van der Waals surface area contributed by atoms with Gasteiger partial charge in [-0.3, -0.25) is 0 Å². The Kier molecular flexibility index (Phi) is 6.77. The SMILES string of the molecule is COCCNCc1c(Cl)cccc1N1CCCN(C)CC1. The zero-order chi connectivity index (χ0) is 15.1. The van der Waals surface area contributed by atoms with Gasteiger partial charge in [-0.1, -0.05) is 17.7 Å². The van der Waals surface area contributed by atoms with Gasteiger partial charge in [-0.2, -0.15) is 0 Å². The van der Waals surface area contributed by atoms with Gasteiger partial charge in [0.25, 0.3) is 0 Å². The molecule has 1 heterocycles. The smallest absolute Gasteiger partial charge is 0.0587 e. The fourth-order valence-electron chi connectivity index (χ4n) is 2.69. The summed E-state index contributed by atoms with van der Waals surface area (Å²) in [5.41, 5.74) is 2.46. The van der Waals surface area contributed by atoms with Crippen LogP contribution in [0.5, 0.6) is 0 Å². The lowest BCUT2D eigenvalue weighted by Crippen LogP contribution is -2.30. The summed E-state index contributed by atoms with van der Waals surface area (Å²) in [6, 6.07) is 6.21. The Hall–Kier alpha value is -0.810. The molecule has 0 radical (unpaired) electrons. The number of hydrogen-bond acceptors (Lipinski definition) is 4. The Balaban J connectivity index is 2.08. The largest absolute Gasteiger partial charge is 0.383 e. The minimum absolute atomic E-state index is 0.717. The van der Waals surface area contributed by atoms with Crippen molar-refractivity contribution in [3.63, 3.8) is 0 Å². The van der Waals surface area contributed by atoms with E-state index in [0.717, 1.165) is 37.7 Å². The van der Waals surface area contributed by atoms with Crippen molar-refractivity contribution in [2.24, 2.45) is 0 Å². The highest BCUT2D eigenvalue weighted by Gasteiger charge is 2.16. The summed E-state index contributed by atoms with van der Waals surface area (Å²) in [7, 11) is 3.91. The van der Waals surface area contributed by atoms with Crippen LogP contribution in [0, 0.1) is 0 Å². The van der Waals surface area contributed by atoms with Crippen molar-refractivity contribution in [2.75, 3.05) is 58.4 Å². The minimum atomic E-state index is 0.717. The zero-order valence-corrected chi connectivity index (χ0v) is 13.8. The standard InChI is InChI=1S/C16H26ClN3O/c1-19-8-4-9-20(11-10-19)16-6-3-5-15(17)14(16)13-18-7-12-21-2/h3,5-6,18H,4,7-13H2,1-2H3. The third-order valence-electron chi connectivity index (χ3n) is 3.94. The molecular formula is C16H26ClN3O. The van der Waals surface area contributed by atoms with Crippen LogP contribution in [0.4, 0.5) is 5.69 Å². The third kappa shape index (κ3) is 4.85. The molecule has 1 aromatic carbocycles. The van der Waals surface area contributed by atoms with Crippen LogP contribution in [0.3, 0.4) is 0 Å². The lowest BCUT2D eigenvalue weighted by atomic mass is 10.1. The number of methoxy groups -OCH3 is 1. The van der Waals surface area contributed by atoms with E-state index in [2.05, 4.69) is 28.2 Å². The van der Waals surface area contributed by atoms with Crippen molar-refractivity contribution in [3.8, 4) is 0 Å². The van der Waals surface area contributed by atoms with E-state index >= 15 is 0 Å². The molecule has 0 amide bonds. The second kappa shape index (κ2) is 8.59. The first-order valence-electron chi connectivity index (χ1n) is 7.63. The molecule has 0 unspecified atom stereocenters. The highest BCUT2D eigenvalue weighted by atomic mass is 35.5. The molecule has 0 aliphatic carbocycles. The number of benzene rings is 1. The van der Waals surface area contributed by atoms with E-state index in [-0.39, 0.29) is 0 Å². The van der Waals surface area contributed by atoms with E-state index in [1.807, 2.05) is 12.1 Å². The third-order valence-corrected chi connectivity index (χ3v) is 4.29. The van der Waals surface area contributed by atoms with Gasteiger partial charge in [0, 0.05) is 56.1 Å². The second-order valence-corrected chi connectivity index (χ2v) is 5.96. The topological polar surface area (TPSA) is 27.7 Å². The molecule has 4 nitrogen and oxygen atoms in total. The van der Waals surface area contributed by atoms with Crippen LogP contribution in [0.25, 0.3) is 0 Å². The molecule has 21 heavy (non-hydrogen) atoms. The number of rotatable bonds is 6. The first-order chi connectivity index (χ1) is 10.2. The Labute approximate surface area is 133 Å². The van der Waals surface area contributed by atoms with Crippen molar-refractivity contribution in [3.05, 3.63) is 28.8 Å². The summed E-state index contributed by atoms with van der Waals surface area (Å²) >= 11 is 6.42. The highest BCUT2D eigenvalue weighted by molar-refractivity contribution is 6.31. The average Bonchev–Trinajstić information content (AvgIpc) is 2.69. The average molecular weight is 312 g/mol. The molecule has 1 aliphatic rings. The van der Waals surface area contributed by atoms with Crippen LogP contribution in [0.1, 0.15) is 12.0 Å². The summed E-state index contributed by atoms with van der Waals surface area (Å²) in [6.45, 7) is 6.75. The minimum Gasteiger partial charge on any atom is -0.383 e. The Morgan fingerprint density at radius 2 is 2.10 bits per heavy atom. The van der Waals surface area contributed by atoms with Gasteiger partial charge < -0.3 is 19.9 Å². The van der Waals surface area contributed by atoms with Crippen LogP contribution in [0.15, 0.2) is 18.2 Å². The van der Waals surface area contributed by atoms with Gasteiger partial charge >= 0.3 is 0 Å². The van der Waals surface area contributed by atoms with Crippen molar-refractivity contribution >= 4 is 17.3 Å². The number of nitrogens with one attached hydrogen (secondary N) is 1. The molecule has 118 valence electrons. The van der Waals surface area contributed by atoms with Crippen LogP contribution in [-0.4, -0.2) is 58.4 Å². The molecule has 0 spiro atoms. The van der Waals surface area contributed by atoms with Gasteiger partial charge in [-0.15, -0.1) is 0 Å². The Morgan fingerprint density at radius 1 is 1.24 bits per heavy atom. The van der Waals surface area contributed by atoms with Crippen LogP contribution < -0.4 is 10.2 Å². The second-order valence-electron chi connectivity index (χ2n) is 5.55. The molecule has 0 atom stereocenters. The quantitative estimate of drug-likeness (QED) is 0.815. The van der Waals surface area contributed by atoms with Gasteiger partial charge in [0.2, 0.25) is 0 Å². The number of anilines is 1. The summed E-state index contributed by atoms with van der Waals surface area (Å²) < 4.78 is 5.07. The van der Waals surface area contributed by atoms with Crippen molar-refractivity contribution in [1.82, 2.24) is 10.2 Å². The normalized spacial score (nSPS) is 17.0. The van der Waals surface area contributed by atoms with Crippen molar-refractivity contribution in [1.29, 1.82) is 0 Å². The molecule has 0 saturated carbocycles. The maximum absolute atomic E-state index is 6.42. The summed E-state index contributed by atoms with van der Waals surface area (Å²) in [6.07, 6.45) is 1.19. The molecule has 1 saturated heterocycles. The molecule has 0 aromatic heterocycles. The van der Waals surface area contributed by atoms with Gasteiger partial charge in [-0.05, 0) is 32.1 Å². The molecule has 1 N–H and O–H groups in total. The number of likely N-dealkylation sites (N-methyl/N-ethyl adjacent to an activating group) is 1. The predicted molar refractivity (Wildman–Crippen MR) is 89.4 cm³/mol. The zero-order valence-electron chi connectivity index (χ0n) is 13.1. The summed E-state index contributed by atoms with van der Waals surface area (Å²) in [5.74, 6) is 0. The van der Waals surface area contributed by atoms with Gasteiger partial charge in [0.05, 0.1) is 6.61 Å². The molecular weight excluding hydrogens is 286 g/mol. The monoisotopic (exact) mass is 311 g/mol. The van der Waals surface area contributed by atoms with Gasteiger partial charge in [0.15, 0.2) is 0 Å². The summed E-state index contributed by atoms with van der Waals surface area (Å²) in [4.78, 5) is 4.85. The molecule has 1 fully saturated rings. The number of nitrogens with zero attached hydrogens (tertiary/aromatic N) is 2.